The second-order valence-electron chi connectivity index (χ2n) is 6.18. The molecule has 1 unspecified atom stereocenters. The Morgan fingerprint density at radius 3 is 2.58 bits per heavy atom. The van der Waals surface area contributed by atoms with Gasteiger partial charge in [-0.2, -0.15) is 0 Å². The van der Waals surface area contributed by atoms with Crippen molar-refractivity contribution in [3.05, 3.63) is 63.8 Å². The van der Waals surface area contributed by atoms with E-state index in [1.807, 2.05) is 23.1 Å². The first-order valence-electron chi connectivity index (χ1n) is 8.20. The molecule has 6 nitrogen and oxygen atoms in total. The van der Waals surface area contributed by atoms with Crippen molar-refractivity contribution < 1.29 is 4.79 Å². The van der Waals surface area contributed by atoms with Gasteiger partial charge in [-0.1, -0.05) is 6.07 Å². The molecule has 0 saturated carbocycles. The van der Waals surface area contributed by atoms with Crippen molar-refractivity contribution in [2.75, 3.05) is 26.2 Å². The Balaban J connectivity index is 1.64. The molecule has 1 saturated heterocycles. The summed E-state index contributed by atoms with van der Waals surface area (Å²) in [4.78, 5) is 35.4. The van der Waals surface area contributed by atoms with Crippen LogP contribution in [0, 0.1) is 6.92 Å². The SMILES string of the molecule is Cc1cc(C(=O)N2CCN(C(C)c3ccccn3)CC2)cc(=O)[nH]1. The van der Waals surface area contributed by atoms with E-state index in [4.69, 9.17) is 0 Å². The molecule has 24 heavy (non-hydrogen) atoms. The highest BCUT2D eigenvalue weighted by Gasteiger charge is 2.26. The third kappa shape index (κ3) is 3.54. The molecule has 1 fully saturated rings. The maximum atomic E-state index is 12.6. The highest BCUT2D eigenvalue weighted by molar-refractivity contribution is 5.94. The average molecular weight is 326 g/mol. The van der Waals surface area contributed by atoms with Crippen molar-refractivity contribution in [2.24, 2.45) is 0 Å². The molecule has 1 amide bonds. The fourth-order valence-electron chi connectivity index (χ4n) is 3.11. The summed E-state index contributed by atoms with van der Waals surface area (Å²) in [5, 5.41) is 0. The Bertz CT molecular complexity index is 764. The van der Waals surface area contributed by atoms with Crippen molar-refractivity contribution in [3.63, 3.8) is 0 Å². The molecule has 0 aromatic carbocycles. The summed E-state index contributed by atoms with van der Waals surface area (Å²) in [5.41, 5.74) is 1.97. The van der Waals surface area contributed by atoms with Crippen LogP contribution in [0.1, 0.15) is 34.7 Å². The van der Waals surface area contributed by atoms with Gasteiger partial charge in [0.25, 0.3) is 5.91 Å². The summed E-state index contributed by atoms with van der Waals surface area (Å²) >= 11 is 0. The number of amides is 1. The van der Waals surface area contributed by atoms with Crippen LogP contribution in [0.4, 0.5) is 0 Å². The summed E-state index contributed by atoms with van der Waals surface area (Å²) in [6.07, 6.45) is 1.81. The molecule has 1 N–H and O–H groups in total. The maximum Gasteiger partial charge on any atom is 0.254 e. The van der Waals surface area contributed by atoms with E-state index in [1.54, 1.807) is 19.2 Å². The first-order chi connectivity index (χ1) is 11.5. The summed E-state index contributed by atoms with van der Waals surface area (Å²) in [5.74, 6) is -0.0747. The average Bonchev–Trinajstić information content (AvgIpc) is 2.60. The number of carbonyl (C=O) groups is 1. The first-order valence-corrected chi connectivity index (χ1v) is 8.20. The fraction of sp³-hybridized carbons (Fsp3) is 0.389. The largest absolute Gasteiger partial charge is 0.336 e. The molecule has 6 heteroatoms. The molecule has 0 aliphatic carbocycles. The van der Waals surface area contributed by atoms with Crippen LogP contribution in [-0.2, 0) is 0 Å². The fourth-order valence-corrected chi connectivity index (χ4v) is 3.11. The van der Waals surface area contributed by atoms with Crippen molar-refractivity contribution in [1.29, 1.82) is 0 Å². The molecule has 1 atom stereocenters. The first kappa shape index (κ1) is 16.4. The summed E-state index contributed by atoms with van der Waals surface area (Å²) in [6, 6.07) is 9.27. The van der Waals surface area contributed by atoms with Crippen LogP contribution in [0.5, 0.6) is 0 Å². The van der Waals surface area contributed by atoms with Crippen molar-refractivity contribution in [2.45, 2.75) is 19.9 Å². The van der Waals surface area contributed by atoms with Gasteiger partial charge in [-0.3, -0.25) is 19.5 Å². The molecular formula is C18H22N4O2. The molecule has 3 rings (SSSR count). The predicted molar refractivity (Wildman–Crippen MR) is 91.9 cm³/mol. The lowest BCUT2D eigenvalue weighted by atomic mass is 10.1. The molecule has 126 valence electrons. The number of aromatic nitrogens is 2. The highest BCUT2D eigenvalue weighted by atomic mass is 16.2. The van der Waals surface area contributed by atoms with E-state index < -0.39 is 0 Å². The maximum absolute atomic E-state index is 12.6. The van der Waals surface area contributed by atoms with Crippen molar-refractivity contribution >= 4 is 5.91 Å². The number of carbonyl (C=O) groups excluding carboxylic acids is 1. The van der Waals surface area contributed by atoms with E-state index in [9.17, 15) is 9.59 Å². The van der Waals surface area contributed by atoms with E-state index in [0.717, 1.165) is 18.8 Å². The quantitative estimate of drug-likeness (QED) is 0.930. The van der Waals surface area contributed by atoms with Crippen LogP contribution in [0.15, 0.2) is 41.3 Å². The third-order valence-corrected chi connectivity index (χ3v) is 4.49. The van der Waals surface area contributed by atoms with E-state index in [1.165, 1.54) is 6.07 Å². The molecule has 1 aliphatic heterocycles. The number of aromatic amines is 1. The molecule has 3 heterocycles. The van der Waals surface area contributed by atoms with Gasteiger partial charge in [0.1, 0.15) is 0 Å². The number of hydrogen-bond acceptors (Lipinski definition) is 4. The monoisotopic (exact) mass is 326 g/mol. The Hall–Kier alpha value is -2.47. The van der Waals surface area contributed by atoms with Crippen LogP contribution in [0.25, 0.3) is 0 Å². The zero-order chi connectivity index (χ0) is 17.1. The van der Waals surface area contributed by atoms with Gasteiger partial charge >= 0.3 is 0 Å². The minimum absolute atomic E-state index is 0.0747. The number of rotatable bonds is 3. The van der Waals surface area contributed by atoms with Crippen LogP contribution in [-0.4, -0.2) is 51.9 Å². The van der Waals surface area contributed by atoms with Gasteiger partial charge in [0, 0.05) is 55.7 Å². The second-order valence-corrected chi connectivity index (χ2v) is 6.18. The standard InChI is InChI=1S/C18H22N4O2/c1-13-11-15(12-17(23)20-13)18(24)22-9-7-21(8-10-22)14(2)16-5-3-4-6-19-16/h3-6,11-12,14H,7-10H2,1-2H3,(H,20,23). The summed E-state index contributed by atoms with van der Waals surface area (Å²) < 4.78 is 0. The normalized spacial score (nSPS) is 16.8. The van der Waals surface area contributed by atoms with Gasteiger partial charge in [0.2, 0.25) is 5.56 Å². The molecule has 2 aromatic heterocycles. The minimum atomic E-state index is -0.235. The van der Waals surface area contributed by atoms with E-state index in [2.05, 4.69) is 21.8 Å². The van der Waals surface area contributed by atoms with Crippen LogP contribution < -0.4 is 5.56 Å². The number of aryl methyl sites for hydroxylation is 1. The molecule has 1 aliphatic rings. The van der Waals surface area contributed by atoms with Crippen LogP contribution in [0.2, 0.25) is 0 Å². The number of H-pyrrole nitrogens is 1. The van der Waals surface area contributed by atoms with E-state index in [-0.39, 0.29) is 17.5 Å². The molecule has 0 bridgehead atoms. The van der Waals surface area contributed by atoms with E-state index >= 15 is 0 Å². The third-order valence-electron chi connectivity index (χ3n) is 4.49. The second kappa shape index (κ2) is 6.97. The van der Waals surface area contributed by atoms with Gasteiger partial charge in [-0.05, 0) is 32.0 Å². The number of pyridine rings is 2. The summed E-state index contributed by atoms with van der Waals surface area (Å²) in [6.45, 7) is 6.82. The minimum Gasteiger partial charge on any atom is -0.336 e. The van der Waals surface area contributed by atoms with Gasteiger partial charge in [-0.15, -0.1) is 0 Å². The van der Waals surface area contributed by atoms with Gasteiger partial charge in [0.05, 0.1) is 5.69 Å². The Labute approximate surface area is 141 Å². The molecule has 0 radical (unpaired) electrons. The summed E-state index contributed by atoms with van der Waals surface area (Å²) in [7, 11) is 0. The molecular weight excluding hydrogens is 304 g/mol. The lowest BCUT2D eigenvalue weighted by Crippen LogP contribution is -2.49. The smallest absolute Gasteiger partial charge is 0.254 e. The molecule has 2 aromatic rings. The Kier molecular flexibility index (Phi) is 4.76. The van der Waals surface area contributed by atoms with Gasteiger partial charge in [0.15, 0.2) is 0 Å². The molecule has 0 spiro atoms. The Morgan fingerprint density at radius 1 is 1.21 bits per heavy atom. The lowest BCUT2D eigenvalue weighted by Gasteiger charge is -2.37. The van der Waals surface area contributed by atoms with Crippen LogP contribution in [0.3, 0.4) is 0 Å². The number of piperazine rings is 1. The van der Waals surface area contributed by atoms with Crippen LogP contribution >= 0.6 is 0 Å². The zero-order valence-corrected chi connectivity index (χ0v) is 14.0. The highest BCUT2D eigenvalue weighted by Crippen LogP contribution is 2.20. The topological polar surface area (TPSA) is 69.3 Å². The number of hydrogen-bond donors (Lipinski definition) is 1. The lowest BCUT2D eigenvalue weighted by molar-refractivity contribution is 0.0578. The number of nitrogens with zero attached hydrogens (tertiary/aromatic N) is 3. The van der Waals surface area contributed by atoms with E-state index in [0.29, 0.717) is 24.3 Å². The van der Waals surface area contributed by atoms with Crippen molar-refractivity contribution in [1.82, 2.24) is 19.8 Å². The van der Waals surface area contributed by atoms with Crippen molar-refractivity contribution in [3.8, 4) is 0 Å². The Morgan fingerprint density at radius 2 is 1.96 bits per heavy atom. The van der Waals surface area contributed by atoms with Gasteiger partial charge < -0.3 is 9.88 Å². The zero-order valence-electron chi connectivity index (χ0n) is 14.0. The number of nitrogens with one attached hydrogen (secondary N) is 1. The predicted octanol–water partition coefficient (Wildman–Crippen LogP) is 1.60. The van der Waals surface area contributed by atoms with Gasteiger partial charge in [-0.25, -0.2) is 0 Å².